The maximum atomic E-state index is 13.3. The first-order chi connectivity index (χ1) is 17.7. The Morgan fingerprint density at radius 3 is 2.64 bits per heavy atom. The van der Waals surface area contributed by atoms with E-state index in [-0.39, 0.29) is 5.56 Å². The number of aromatic nitrogens is 4. The SMILES string of the molecule is O=c1c2cncc(-c3ccccc3)c2ccn1Cc1cn2cc(CNCC3CCCCC3)ccc2n1. The number of nitrogens with one attached hydrogen (secondary N) is 1. The smallest absolute Gasteiger partial charge is 0.260 e. The summed E-state index contributed by atoms with van der Waals surface area (Å²) in [6, 6.07) is 16.3. The summed E-state index contributed by atoms with van der Waals surface area (Å²) in [5.41, 5.74) is 4.96. The number of pyridine rings is 3. The molecule has 36 heavy (non-hydrogen) atoms. The third kappa shape index (κ3) is 4.69. The number of imidazole rings is 1. The third-order valence-electron chi connectivity index (χ3n) is 7.37. The fourth-order valence-corrected chi connectivity index (χ4v) is 5.44. The average Bonchev–Trinajstić information content (AvgIpc) is 3.33. The lowest BCUT2D eigenvalue weighted by molar-refractivity contribution is 0.342. The predicted molar refractivity (Wildman–Crippen MR) is 144 cm³/mol. The molecule has 0 bridgehead atoms. The van der Waals surface area contributed by atoms with Gasteiger partial charge in [0, 0.05) is 43.1 Å². The molecule has 182 valence electrons. The van der Waals surface area contributed by atoms with Gasteiger partial charge in [-0.05, 0) is 54.0 Å². The molecule has 0 atom stereocenters. The lowest BCUT2D eigenvalue weighted by Crippen LogP contribution is -2.24. The number of fused-ring (bicyclic) bond motifs is 2. The molecule has 0 spiro atoms. The maximum Gasteiger partial charge on any atom is 0.260 e. The Hall–Kier alpha value is -3.77. The Bertz CT molecular complexity index is 1550. The molecular formula is C30H31N5O. The van der Waals surface area contributed by atoms with Crippen LogP contribution in [0.25, 0.3) is 27.5 Å². The third-order valence-corrected chi connectivity index (χ3v) is 7.37. The summed E-state index contributed by atoms with van der Waals surface area (Å²) >= 11 is 0. The van der Waals surface area contributed by atoms with E-state index in [9.17, 15) is 4.79 Å². The minimum Gasteiger partial charge on any atom is -0.312 e. The van der Waals surface area contributed by atoms with E-state index in [1.54, 1.807) is 10.8 Å². The Labute approximate surface area is 210 Å². The summed E-state index contributed by atoms with van der Waals surface area (Å²) in [6.07, 6.45) is 16.4. The van der Waals surface area contributed by atoms with Crippen molar-refractivity contribution in [1.29, 1.82) is 0 Å². The van der Waals surface area contributed by atoms with E-state index < -0.39 is 0 Å². The first kappa shape index (κ1) is 22.7. The lowest BCUT2D eigenvalue weighted by Gasteiger charge is -2.21. The molecule has 0 amide bonds. The van der Waals surface area contributed by atoms with Crippen molar-refractivity contribution in [2.24, 2.45) is 5.92 Å². The summed E-state index contributed by atoms with van der Waals surface area (Å²) < 4.78 is 3.78. The van der Waals surface area contributed by atoms with Crippen molar-refractivity contribution in [3.05, 3.63) is 101 Å². The van der Waals surface area contributed by atoms with Crippen LogP contribution in [0.4, 0.5) is 0 Å². The van der Waals surface area contributed by atoms with Gasteiger partial charge in [0.1, 0.15) is 5.65 Å². The molecule has 1 fully saturated rings. The van der Waals surface area contributed by atoms with Gasteiger partial charge in [0.15, 0.2) is 0 Å². The van der Waals surface area contributed by atoms with Gasteiger partial charge in [0.05, 0.1) is 17.6 Å². The summed E-state index contributed by atoms with van der Waals surface area (Å²) in [7, 11) is 0. The van der Waals surface area contributed by atoms with Gasteiger partial charge in [-0.25, -0.2) is 4.98 Å². The van der Waals surface area contributed by atoms with Gasteiger partial charge in [0.2, 0.25) is 0 Å². The molecule has 1 saturated carbocycles. The van der Waals surface area contributed by atoms with Crippen molar-refractivity contribution >= 4 is 16.4 Å². The topological polar surface area (TPSA) is 64.2 Å². The van der Waals surface area contributed by atoms with Gasteiger partial charge in [-0.15, -0.1) is 0 Å². The van der Waals surface area contributed by atoms with Crippen LogP contribution in [0, 0.1) is 5.92 Å². The first-order valence-corrected chi connectivity index (χ1v) is 12.9. The monoisotopic (exact) mass is 477 g/mol. The second kappa shape index (κ2) is 10.1. The van der Waals surface area contributed by atoms with E-state index >= 15 is 0 Å². The summed E-state index contributed by atoms with van der Waals surface area (Å²) in [5.74, 6) is 0.821. The van der Waals surface area contributed by atoms with Crippen molar-refractivity contribution in [2.45, 2.75) is 45.2 Å². The van der Waals surface area contributed by atoms with Crippen LogP contribution in [0.2, 0.25) is 0 Å². The number of nitrogens with zero attached hydrogens (tertiary/aromatic N) is 4. The minimum absolute atomic E-state index is 0.0533. The molecule has 0 unspecified atom stereocenters. The molecule has 4 aromatic heterocycles. The average molecular weight is 478 g/mol. The molecule has 0 saturated heterocycles. The summed E-state index contributed by atoms with van der Waals surface area (Å²) in [4.78, 5) is 22.4. The second-order valence-electron chi connectivity index (χ2n) is 9.93. The molecule has 0 radical (unpaired) electrons. The quantitative estimate of drug-likeness (QED) is 0.340. The van der Waals surface area contributed by atoms with E-state index in [0.717, 1.165) is 46.9 Å². The van der Waals surface area contributed by atoms with Crippen molar-refractivity contribution in [1.82, 2.24) is 24.3 Å². The van der Waals surface area contributed by atoms with Crippen LogP contribution in [0.1, 0.15) is 43.4 Å². The van der Waals surface area contributed by atoms with Crippen LogP contribution in [-0.4, -0.2) is 25.5 Å². The highest BCUT2D eigenvalue weighted by Crippen LogP contribution is 2.26. The van der Waals surface area contributed by atoms with E-state index in [2.05, 4.69) is 33.0 Å². The minimum atomic E-state index is -0.0533. The van der Waals surface area contributed by atoms with Gasteiger partial charge in [-0.2, -0.15) is 0 Å². The molecule has 6 heteroatoms. The van der Waals surface area contributed by atoms with Crippen molar-refractivity contribution < 1.29 is 0 Å². The summed E-state index contributed by atoms with van der Waals surface area (Å²) in [6.45, 7) is 2.38. The highest BCUT2D eigenvalue weighted by atomic mass is 16.1. The Morgan fingerprint density at radius 2 is 1.78 bits per heavy atom. The number of hydrogen-bond donors (Lipinski definition) is 1. The Morgan fingerprint density at radius 1 is 0.917 bits per heavy atom. The highest BCUT2D eigenvalue weighted by molar-refractivity contribution is 5.95. The van der Waals surface area contributed by atoms with Gasteiger partial charge in [-0.1, -0.05) is 55.7 Å². The molecule has 1 aliphatic carbocycles. The highest BCUT2D eigenvalue weighted by Gasteiger charge is 2.13. The normalized spacial score (nSPS) is 14.6. The van der Waals surface area contributed by atoms with E-state index in [4.69, 9.17) is 4.98 Å². The zero-order chi connectivity index (χ0) is 24.3. The van der Waals surface area contributed by atoms with Crippen LogP contribution in [-0.2, 0) is 13.1 Å². The van der Waals surface area contributed by atoms with Gasteiger partial charge in [-0.3, -0.25) is 9.78 Å². The molecule has 5 aromatic rings. The number of hydrogen-bond acceptors (Lipinski definition) is 4. The molecule has 6 nitrogen and oxygen atoms in total. The Kier molecular flexibility index (Phi) is 6.35. The number of rotatable bonds is 7. The molecule has 0 aliphatic heterocycles. The van der Waals surface area contributed by atoms with E-state index in [1.165, 1.54) is 37.7 Å². The largest absolute Gasteiger partial charge is 0.312 e. The molecule has 1 N–H and O–H groups in total. The van der Waals surface area contributed by atoms with Crippen molar-refractivity contribution in [3.8, 4) is 11.1 Å². The summed E-state index contributed by atoms with van der Waals surface area (Å²) in [5, 5.41) is 5.17. The van der Waals surface area contributed by atoms with Crippen molar-refractivity contribution in [3.63, 3.8) is 0 Å². The predicted octanol–water partition coefficient (Wildman–Crippen LogP) is 5.43. The molecular weight excluding hydrogens is 446 g/mol. The molecule has 6 rings (SSSR count). The Balaban J connectivity index is 1.20. The standard InChI is InChI=1S/C30H31N5O/c36-30-28-18-32-17-27(24-9-5-2-6-10-24)26(28)13-14-34(30)20-25-21-35-19-23(11-12-29(35)33-25)16-31-15-22-7-3-1-4-8-22/h2,5-6,9-14,17-19,21-22,31H,1,3-4,7-8,15-16,20H2. The molecule has 4 heterocycles. The van der Waals surface area contributed by atoms with Crippen LogP contribution in [0.15, 0.2) is 84.3 Å². The van der Waals surface area contributed by atoms with Crippen molar-refractivity contribution in [2.75, 3.05) is 6.54 Å². The number of benzene rings is 1. The molecule has 1 aliphatic rings. The maximum absolute atomic E-state index is 13.3. The van der Waals surface area contributed by atoms with Gasteiger partial charge >= 0.3 is 0 Å². The van der Waals surface area contributed by atoms with Gasteiger partial charge in [0.25, 0.3) is 5.56 Å². The van der Waals surface area contributed by atoms with E-state index in [0.29, 0.717) is 11.9 Å². The van der Waals surface area contributed by atoms with E-state index in [1.807, 2.05) is 55.0 Å². The first-order valence-electron chi connectivity index (χ1n) is 12.9. The zero-order valence-corrected chi connectivity index (χ0v) is 20.4. The fraction of sp³-hybridized carbons (Fsp3) is 0.300. The zero-order valence-electron chi connectivity index (χ0n) is 20.4. The lowest BCUT2D eigenvalue weighted by atomic mass is 9.89. The molecule has 1 aromatic carbocycles. The second-order valence-corrected chi connectivity index (χ2v) is 9.93. The van der Waals surface area contributed by atoms with Crippen LogP contribution >= 0.6 is 0 Å². The van der Waals surface area contributed by atoms with Crippen LogP contribution in [0.3, 0.4) is 0 Å². The fourth-order valence-electron chi connectivity index (χ4n) is 5.44. The van der Waals surface area contributed by atoms with Crippen LogP contribution in [0.5, 0.6) is 0 Å². The van der Waals surface area contributed by atoms with Gasteiger partial charge < -0.3 is 14.3 Å². The van der Waals surface area contributed by atoms with Crippen LogP contribution < -0.4 is 10.9 Å².